The summed E-state index contributed by atoms with van der Waals surface area (Å²) in [7, 11) is 1.37. The number of nitrogens with one attached hydrogen (secondary N) is 1. The molecular formula is C33H34N2O4S. The number of methoxy groups -OCH3 is 1. The van der Waals surface area contributed by atoms with Crippen LogP contribution in [0, 0.1) is 18.3 Å². The van der Waals surface area contributed by atoms with E-state index in [9.17, 15) is 9.59 Å². The van der Waals surface area contributed by atoms with E-state index in [2.05, 4.69) is 26.1 Å². The number of hydrogen-bond donors (Lipinski definition) is 1. The fraction of sp³-hybridized carbons (Fsp3) is 0.303. The Morgan fingerprint density at radius 2 is 1.88 bits per heavy atom. The van der Waals surface area contributed by atoms with Crippen LogP contribution in [-0.4, -0.2) is 25.2 Å². The van der Waals surface area contributed by atoms with Crippen LogP contribution in [0.2, 0.25) is 0 Å². The lowest BCUT2D eigenvalue weighted by molar-refractivity contribution is 0.0600. The fourth-order valence-corrected chi connectivity index (χ4v) is 6.49. The molecule has 40 heavy (non-hydrogen) atoms. The number of rotatable bonds is 6. The molecule has 206 valence electrons. The van der Waals surface area contributed by atoms with E-state index < -0.39 is 0 Å². The molecule has 1 aliphatic rings. The van der Waals surface area contributed by atoms with Crippen molar-refractivity contribution in [2.24, 2.45) is 16.3 Å². The number of thiophene rings is 1. The van der Waals surface area contributed by atoms with Crippen LogP contribution in [0.25, 0.3) is 11.3 Å². The van der Waals surface area contributed by atoms with Crippen molar-refractivity contribution < 1.29 is 18.7 Å². The third kappa shape index (κ3) is 5.80. The smallest absolute Gasteiger partial charge is 0.337 e. The molecule has 1 N–H and O–H groups in total. The lowest BCUT2D eigenvalue weighted by Gasteiger charge is -2.33. The molecule has 2 aromatic carbocycles. The number of aliphatic imine (C=N–C) groups is 1. The molecule has 4 aromatic rings. The number of esters is 1. The average molecular weight is 555 g/mol. The van der Waals surface area contributed by atoms with E-state index in [1.807, 2.05) is 55.5 Å². The third-order valence-corrected chi connectivity index (χ3v) is 8.74. The molecular weight excluding hydrogens is 520 g/mol. The van der Waals surface area contributed by atoms with E-state index in [1.54, 1.807) is 29.7 Å². The van der Waals surface area contributed by atoms with Crippen molar-refractivity contribution in [3.63, 3.8) is 0 Å². The molecule has 0 radical (unpaired) electrons. The maximum absolute atomic E-state index is 13.5. The van der Waals surface area contributed by atoms with Gasteiger partial charge in [-0.15, -0.1) is 11.3 Å². The van der Waals surface area contributed by atoms with E-state index in [0.717, 1.165) is 41.6 Å². The number of anilines is 1. The average Bonchev–Trinajstić information content (AvgIpc) is 3.55. The largest absolute Gasteiger partial charge is 0.465 e. The fourth-order valence-electron chi connectivity index (χ4n) is 5.23. The minimum atomic E-state index is -0.374. The number of furan rings is 1. The van der Waals surface area contributed by atoms with Gasteiger partial charge in [0.05, 0.1) is 24.5 Å². The molecule has 1 amide bonds. The van der Waals surface area contributed by atoms with E-state index in [1.165, 1.54) is 12.0 Å². The van der Waals surface area contributed by atoms with Crippen LogP contribution < -0.4 is 5.32 Å². The van der Waals surface area contributed by atoms with Crippen molar-refractivity contribution in [3.05, 3.63) is 93.6 Å². The second-order valence-electron chi connectivity index (χ2n) is 11.3. The second-order valence-corrected chi connectivity index (χ2v) is 12.4. The molecule has 0 aliphatic heterocycles. The Labute approximate surface area is 239 Å². The number of amides is 1. The van der Waals surface area contributed by atoms with E-state index in [0.29, 0.717) is 33.6 Å². The minimum Gasteiger partial charge on any atom is -0.465 e. The van der Waals surface area contributed by atoms with Gasteiger partial charge in [-0.25, -0.2) is 9.79 Å². The first-order valence-corrected chi connectivity index (χ1v) is 14.3. The highest BCUT2D eigenvalue weighted by atomic mass is 32.1. The van der Waals surface area contributed by atoms with Crippen LogP contribution in [-0.2, 0) is 17.6 Å². The summed E-state index contributed by atoms with van der Waals surface area (Å²) in [5.74, 6) is 1.31. The predicted molar refractivity (Wildman–Crippen MR) is 161 cm³/mol. The Morgan fingerprint density at radius 3 is 2.58 bits per heavy atom. The van der Waals surface area contributed by atoms with Crippen LogP contribution in [0.3, 0.4) is 0 Å². The Kier molecular flexibility index (Phi) is 7.76. The van der Waals surface area contributed by atoms with E-state index in [-0.39, 0.29) is 17.3 Å². The molecule has 2 heterocycles. The molecule has 0 bridgehead atoms. The van der Waals surface area contributed by atoms with Crippen LogP contribution in [0.15, 0.2) is 70.1 Å². The number of para-hydroxylation sites is 1. The number of fused-ring (bicyclic) bond motifs is 1. The van der Waals surface area contributed by atoms with Gasteiger partial charge in [-0.3, -0.25) is 4.79 Å². The first-order chi connectivity index (χ1) is 19.1. The summed E-state index contributed by atoms with van der Waals surface area (Å²) >= 11 is 1.61. The SMILES string of the molecule is COC(=O)c1ccc(-c2ccc(C=Nc3sc4c(c3C(=O)Nc3ccccc3)CC[C@@H](C(C)(C)C)C4)o2)c(C)c1. The molecule has 0 spiro atoms. The lowest BCUT2D eigenvalue weighted by atomic mass is 9.72. The van der Waals surface area contributed by atoms with Gasteiger partial charge < -0.3 is 14.5 Å². The molecule has 6 nitrogen and oxygen atoms in total. The number of hydrogen-bond acceptors (Lipinski definition) is 6. The number of benzene rings is 2. The molecule has 1 aliphatic carbocycles. The first kappa shape index (κ1) is 27.6. The number of ether oxygens (including phenoxy) is 1. The lowest BCUT2D eigenvalue weighted by Crippen LogP contribution is -2.27. The van der Waals surface area contributed by atoms with Gasteiger partial charge in [0.2, 0.25) is 0 Å². The predicted octanol–water partition coefficient (Wildman–Crippen LogP) is 8.26. The summed E-state index contributed by atoms with van der Waals surface area (Å²) in [6.45, 7) is 8.79. The Hall–Kier alpha value is -3.97. The number of carbonyl (C=O) groups is 2. The maximum atomic E-state index is 13.5. The quantitative estimate of drug-likeness (QED) is 0.192. The van der Waals surface area contributed by atoms with Gasteiger partial charge in [0.15, 0.2) is 0 Å². The van der Waals surface area contributed by atoms with Gasteiger partial charge in [-0.2, -0.15) is 0 Å². The third-order valence-electron chi connectivity index (χ3n) is 7.58. The zero-order valence-electron chi connectivity index (χ0n) is 23.5. The van der Waals surface area contributed by atoms with Crippen LogP contribution in [0.4, 0.5) is 10.7 Å². The zero-order chi connectivity index (χ0) is 28.4. The van der Waals surface area contributed by atoms with Gasteiger partial charge in [0.25, 0.3) is 5.91 Å². The summed E-state index contributed by atoms with van der Waals surface area (Å²) in [4.78, 5) is 31.4. The molecule has 0 fully saturated rings. The van der Waals surface area contributed by atoms with Crippen molar-refractivity contribution >= 4 is 40.1 Å². The Morgan fingerprint density at radius 1 is 1.10 bits per heavy atom. The van der Waals surface area contributed by atoms with Crippen molar-refractivity contribution in [2.75, 3.05) is 12.4 Å². The van der Waals surface area contributed by atoms with Crippen LogP contribution >= 0.6 is 11.3 Å². The molecule has 0 saturated carbocycles. The molecule has 0 saturated heterocycles. The monoisotopic (exact) mass is 554 g/mol. The van der Waals surface area contributed by atoms with Gasteiger partial charge >= 0.3 is 5.97 Å². The standard InChI is InChI=1S/C33H34N2O4S/c1-20-17-21(32(37)38-5)11-14-25(20)27-16-13-24(39-27)19-34-31-29(30(36)35-23-9-7-6-8-10-23)26-15-12-22(33(2,3)4)18-28(26)40-31/h6-11,13-14,16-17,19,22H,12,15,18H2,1-5H3,(H,35,36)/t22-/m1/s1. The number of carbonyl (C=O) groups excluding carboxylic acids is 2. The Balaban J connectivity index is 1.44. The van der Waals surface area contributed by atoms with Crippen molar-refractivity contribution in [1.29, 1.82) is 0 Å². The second kappa shape index (κ2) is 11.3. The van der Waals surface area contributed by atoms with Gasteiger partial charge in [0, 0.05) is 16.1 Å². The van der Waals surface area contributed by atoms with Gasteiger partial charge in [0.1, 0.15) is 16.5 Å². The highest BCUT2D eigenvalue weighted by Gasteiger charge is 2.33. The summed E-state index contributed by atoms with van der Waals surface area (Å²) in [5, 5.41) is 3.76. The normalized spacial score (nSPS) is 15.2. The minimum absolute atomic E-state index is 0.133. The number of nitrogens with zero attached hydrogens (tertiary/aromatic N) is 1. The summed E-state index contributed by atoms with van der Waals surface area (Å²) in [5.41, 5.74) is 5.02. The maximum Gasteiger partial charge on any atom is 0.337 e. The first-order valence-electron chi connectivity index (χ1n) is 13.5. The number of aryl methyl sites for hydroxylation is 1. The molecule has 2 aromatic heterocycles. The van der Waals surface area contributed by atoms with E-state index >= 15 is 0 Å². The van der Waals surface area contributed by atoms with Gasteiger partial charge in [-0.1, -0.05) is 45.0 Å². The van der Waals surface area contributed by atoms with E-state index in [4.69, 9.17) is 14.1 Å². The molecule has 7 heteroatoms. The van der Waals surface area contributed by atoms with Crippen LogP contribution in [0.1, 0.15) is 69.7 Å². The molecule has 5 rings (SSSR count). The zero-order valence-corrected chi connectivity index (χ0v) is 24.4. The van der Waals surface area contributed by atoms with Crippen LogP contribution in [0.5, 0.6) is 0 Å². The Bertz CT molecular complexity index is 1570. The highest BCUT2D eigenvalue weighted by Crippen LogP contribution is 2.45. The summed E-state index contributed by atoms with van der Waals surface area (Å²) < 4.78 is 10.9. The summed E-state index contributed by atoms with van der Waals surface area (Å²) in [6, 6.07) is 18.6. The molecule has 0 unspecified atom stereocenters. The van der Waals surface area contributed by atoms with Gasteiger partial charge in [-0.05, 0) is 85.0 Å². The topological polar surface area (TPSA) is 80.9 Å². The highest BCUT2D eigenvalue weighted by molar-refractivity contribution is 7.16. The van der Waals surface area contributed by atoms with Crippen molar-refractivity contribution in [2.45, 2.75) is 47.0 Å². The molecule has 1 atom stereocenters. The van der Waals surface area contributed by atoms with Crippen molar-refractivity contribution in [1.82, 2.24) is 0 Å². The van der Waals surface area contributed by atoms with Crippen molar-refractivity contribution in [3.8, 4) is 11.3 Å². The summed E-state index contributed by atoms with van der Waals surface area (Å²) in [6.07, 6.45) is 4.56.